The van der Waals surface area contributed by atoms with Crippen LogP contribution in [0.15, 0.2) is 0 Å². The van der Waals surface area contributed by atoms with Crippen molar-refractivity contribution in [3.63, 3.8) is 0 Å². The Hall–Kier alpha value is -0.275. The van der Waals surface area contributed by atoms with Crippen molar-refractivity contribution in [2.45, 2.75) is 0 Å². The Balaban J connectivity index is -0.000000605. The molecule has 0 saturated carbocycles. The van der Waals surface area contributed by atoms with Gasteiger partial charge in [-0.25, -0.2) is 4.79 Å². The molecule has 0 rings (SSSR count). The molecule has 0 radical (unpaired) electrons. The number of ether oxygens (including phenoxy) is 2. The Labute approximate surface area is 104 Å². The molecule has 0 aliphatic rings. The molecule has 0 aromatic heterocycles. The van der Waals surface area contributed by atoms with Crippen molar-refractivity contribution < 1.29 is 23.9 Å². The van der Waals surface area contributed by atoms with Crippen LogP contribution in [-0.2, 0) is 19.1 Å². The Morgan fingerprint density at radius 2 is 1.14 bits per heavy atom. The summed E-state index contributed by atoms with van der Waals surface area (Å²) in [5, 5.41) is 0. The molecule has 0 spiro atoms. The van der Waals surface area contributed by atoms with E-state index in [-0.39, 0.29) is 37.7 Å². The molecule has 0 unspecified atom stereocenters. The molecule has 4 N–H and O–H groups in total. The molecule has 0 heterocycles. The molecule has 0 atom stereocenters. The van der Waals surface area contributed by atoms with E-state index in [1.165, 1.54) is 0 Å². The predicted molar refractivity (Wildman–Crippen MR) is 50.0 cm³/mol. The summed E-state index contributed by atoms with van der Waals surface area (Å²) in [4.78, 5) is 31.0. The van der Waals surface area contributed by atoms with E-state index in [4.69, 9.17) is 11.5 Å². The standard InChI is InChI=1S/C5H8N2O5.2Li.2H/c6-1-3(8)11-5(10)12-4(9)2-7;;;;/h1-2,6-7H2;;;;. The van der Waals surface area contributed by atoms with Gasteiger partial charge in [-0.15, -0.1) is 0 Å². The van der Waals surface area contributed by atoms with Crippen LogP contribution >= 0.6 is 0 Å². The third-order valence-electron chi connectivity index (χ3n) is 0.728. The van der Waals surface area contributed by atoms with Gasteiger partial charge in [0, 0.05) is 0 Å². The number of nitrogens with two attached hydrogens (primary N) is 2. The van der Waals surface area contributed by atoms with Crippen LogP contribution in [0.4, 0.5) is 4.79 Å². The Bertz CT molecular complexity index is 190. The first-order valence-corrected chi connectivity index (χ1v) is 2.95. The summed E-state index contributed by atoms with van der Waals surface area (Å²) >= 11 is 0. The predicted octanol–water partition coefficient (Wildman–Crippen LogP) is -3.19. The van der Waals surface area contributed by atoms with Crippen LogP contribution in [0.1, 0.15) is 0 Å². The first kappa shape index (κ1) is 19.3. The maximum absolute atomic E-state index is 10.4. The van der Waals surface area contributed by atoms with Gasteiger partial charge in [-0.1, -0.05) is 0 Å². The summed E-state index contributed by atoms with van der Waals surface area (Å²) in [6.07, 6.45) is -1.42. The number of carbonyl (C=O) groups excluding carboxylic acids is 3. The second-order valence-electron chi connectivity index (χ2n) is 1.61. The molecular formula is C5H10Li2N2O5. The van der Waals surface area contributed by atoms with Crippen molar-refractivity contribution in [3.05, 3.63) is 0 Å². The molecule has 0 aliphatic carbocycles. The van der Waals surface area contributed by atoms with Crippen molar-refractivity contribution >= 4 is 55.8 Å². The fourth-order valence-electron chi connectivity index (χ4n) is 0.290. The minimum atomic E-state index is -1.42. The molecule has 14 heavy (non-hydrogen) atoms. The van der Waals surface area contributed by atoms with Crippen molar-refractivity contribution in [3.8, 4) is 0 Å². The van der Waals surface area contributed by atoms with Crippen LogP contribution in [0.3, 0.4) is 0 Å². The van der Waals surface area contributed by atoms with Crippen LogP contribution in [0, 0.1) is 0 Å². The number of esters is 2. The van der Waals surface area contributed by atoms with Gasteiger partial charge < -0.3 is 20.9 Å². The second-order valence-corrected chi connectivity index (χ2v) is 1.61. The van der Waals surface area contributed by atoms with E-state index in [9.17, 15) is 14.4 Å². The van der Waals surface area contributed by atoms with E-state index in [0.717, 1.165) is 0 Å². The van der Waals surface area contributed by atoms with Gasteiger partial charge in [-0.2, -0.15) is 0 Å². The Kier molecular flexibility index (Phi) is 14.9. The van der Waals surface area contributed by atoms with Crippen molar-refractivity contribution in [2.24, 2.45) is 11.5 Å². The molecule has 9 heteroatoms. The van der Waals surface area contributed by atoms with E-state index < -0.39 is 31.2 Å². The van der Waals surface area contributed by atoms with Crippen molar-refractivity contribution in [2.75, 3.05) is 13.1 Å². The zero-order valence-electron chi connectivity index (χ0n) is 6.11. The Morgan fingerprint density at radius 1 is 0.857 bits per heavy atom. The summed E-state index contributed by atoms with van der Waals surface area (Å²) in [6.45, 7) is -0.933. The quantitative estimate of drug-likeness (QED) is 0.268. The molecule has 0 bridgehead atoms. The summed E-state index contributed by atoms with van der Waals surface area (Å²) in [7, 11) is 0. The molecule has 72 valence electrons. The molecule has 0 aromatic rings. The van der Waals surface area contributed by atoms with Gasteiger partial charge >= 0.3 is 55.8 Å². The average Bonchev–Trinajstić information content (AvgIpc) is 2.03. The summed E-state index contributed by atoms with van der Waals surface area (Å²) in [6, 6.07) is 0. The fraction of sp³-hybridized carbons (Fsp3) is 0.400. The normalized spacial score (nSPS) is 7.57. The fourth-order valence-corrected chi connectivity index (χ4v) is 0.290. The molecule has 0 amide bonds. The van der Waals surface area contributed by atoms with Crippen LogP contribution in [0.2, 0.25) is 0 Å². The van der Waals surface area contributed by atoms with E-state index in [1.54, 1.807) is 0 Å². The van der Waals surface area contributed by atoms with Gasteiger partial charge in [0.05, 0.1) is 13.1 Å². The van der Waals surface area contributed by atoms with Crippen LogP contribution in [0.5, 0.6) is 0 Å². The number of hydrogen-bond donors (Lipinski definition) is 2. The number of rotatable bonds is 2. The van der Waals surface area contributed by atoms with Crippen LogP contribution < -0.4 is 11.5 Å². The Morgan fingerprint density at radius 3 is 1.36 bits per heavy atom. The number of carbonyl (C=O) groups is 3. The van der Waals surface area contributed by atoms with Crippen molar-refractivity contribution in [1.29, 1.82) is 0 Å². The maximum atomic E-state index is 10.4. The van der Waals surface area contributed by atoms with E-state index in [0.29, 0.717) is 0 Å². The van der Waals surface area contributed by atoms with E-state index >= 15 is 0 Å². The first-order chi connectivity index (χ1) is 5.60. The van der Waals surface area contributed by atoms with Crippen LogP contribution in [0.25, 0.3) is 0 Å². The van der Waals surface area contributed by atoms with Gasteiger partial charge in [0.1, 0.15) is 0 Å². The topological polar surface area (TPSA) is 122 Å². The summed E-state index contributed by atoms with van der Waals surface area (Å²) in [5.74, 6) is -1.96. The summed E-state index contributed by atoms with van der Waals surface area (Å²) in [5.41, 5.74) is 9.58. The van der Waals surface area contributed by atoms with Gasteiger partial charge in [-0.05, 0) is 0 Å². The molecule has 0 aliphatic heterocycles. The molecule has 0 aromatic carbocycles. The SMILES string of the molecule is NCC(=O)OC(=O)OC(=O)CN.[LiH].[LiH]. The zero-order chi connectivity index (χ0) is 9.56. The van der Waals surface area contributed by atoms with Gasteiger partial charge in [0.25, 0.3) is 0 Å². The van der Waals surface area contributed by atoms with Gasteiger partial charge in [-0.3, -0.25) is 9.59 Å². The third-order valence-corrected chi connectivity index (χ3v) is 0.728. The number of hydrogen-bond acceptors (Lipinski definition) is 7. The van der Waals surface area contributed by atoms with E-state index in [1.807, 2.05) is 0 Å². The van der Waals surface area contributed by atoms with Gasteiger partial charge in [0.2, 0.25) is 0 Å². The monoisotopic (exact) mass is 192 g/mol. The van der Waals surface area contributed by atoms with Crippen LogP contribution in [-0.4, -0.2) is 68.9 Å². The second kappa shape index (κ2) is 10.8. The third kappa shape index (κ3) is 9.81. The zero-order valence-corrected chi connectivity index (χ0v) is 6.11. The van der Waals surface area contributed by atoms with E-state index in [2.05, 4.69) is 9.47 Å². The minimum absolute atomic E-state index is 0. The first-order valence-electron chi connectivity index (χ1n) is 2.95. The molecule has 7 nitrogen and oxygen atoms in total. The molecule has 0 saturated heterocycles. The average molecular weight is 192 g/mol. The molecule has 0 fully saturated rings. The summed E-state index contributed by atoms with van der Waals surface area (Å²) < 4.78 is 7.74. The van der Waals surface area contributed by atoms with Gasteiger partial charge in [0.15, 0.2) is 0 Å². The molecular weight excluding hydrogens is 182 g/mol. The van der Waals surface area contributed by atoms with Crippen molar-refractivity contribution in [1.82, 2.24) is 0 Å².